The predicted octanol–water partition coefficient (Wildman–Crippen LogP) is 2.99. The van der Waals surface area contributed by atoms with Crippen molar-refractivity contribution in [1.29, 1.82) is 0 Å². The number of nitrogens with one attached hydrogen (secondary N) is 1. The van der Waals surface area contributed by atoms with E-state index in [4.69, 9.17) is 16.3 Å². The maximum Gasteiger partial charge on any atom is 0.258 e. The fourth-order valence-corrected chi connectivity index (χ4v) is 3.27. The van der Waals surface area contributed by atoms with Crippen LogP contribution < -0.4 is 10.1 Å². The van der Waals surface area contributed by atoms with Crippen molar-refractivity contribution in [2.75, 3.05) is 26.5 Å². The van der Waals surface area contributed by atoms with Crippen LogP contribution in [0.1, 0.15) is 10.4 Å². The molecule has 0 saturated heterocycles. The van der Waals surface area contributed by atoms with E-state index >= 15 is 0 Å². The van der Waals surface area contributed by atoms with Gasteiger partial charge in [0, 0.05) is 24.8 Å². The van der Waals surface area contributed by atoms with E-state index in [1.54, 1.807) is 0 Å². The van der Waals surface area contributed by atoms with Gasteiger partial charge in [-0.3, -0.25) is 4.79 Å². The van der Waals surface area contributed by atoms with Crippen LogP contribution in [0.3, 0.4) is 0 Å². The molecule has 0 aromatic heterocycles. The smallest absolute Gasteiger partial charge is 0.258 e. The number of methoxy groups -OCH3 is 1. The Labute approximate surface area is 150 Å². The van der Waals surface area contributed by atoms with Gasteiger partial charge in [0.2, 0.25) is 10.0 Å². The predicted molar refractivity (Wildman–Crippen MR) is 93.2 cm³/mol. The number of hydrogen-bond acceptors (Lipinski definition) is 4. The molecule has 2 aromatic rings. The van der Waals surface area contributed by atoms with Crippen molar-refractivity contribution >= 4 is 33.2 Å². The molecule has 0 unspecified atom stereocenters. The van der Waals surface area contributed by atoms with E-state index in [2.05, 4.69) is 5.32 Å². The van der Waals surface area contributed by atoms with Crippen LogP contribution in [-0.2, 0) is 10.0 Å². The maximum absolute atomic E-state index is 13.8. The van der Waals surface area contributed by atoms with E-state index < -0.39 is 21.7 Å². The second kappa shape index (κ2) is 7.38. The van der Waals surface area contributed by atoms with E-state index in [1.807, 2.05) is 0 Å². The summed E-state index contributed by atoms with van der Waals surface area (Å²) < 4.78 is 44.6. The quantitative estimate of drug-likeness (QED) is 0.857. The number of sulfonamides is 1. The Morgan fingerprint density at radius 1 is 1.20 bits per heavy atom. The molecular formula is C16H16ClFN2O4S. The van der Waals surface area contributed by atoms with Gasteiger partial charge < -0.3 is 10.1 Å². The van der Waals surface area contributed by atoms with Gasteiger partial charge in [-0.25, -0.2) is 17.1 Å². The monoisotopic (exact) mass is 386 g/mol. The fourth-order valence-electron chi connectivity index (χ4n) is 2.02. The average molecular weight is 387 g/mol. The standard InChI is InChI=1S/C16H16ClFN2O4S/c1-20(2)25(22,23)15-9-11(5-7-14(15)24-3)19-16(21)12-8-10(17)4-6-13(12)18/h4-9H,1-3H3,(H,19,21). The molecule has 0 aliphatic carbocycles. The van der Waals surface area contributed by atoms with Gasteiger partial charge in [-0.05, 0) is 36.4 Å². The number of halogens is 2. The summed E-state index contributed by atoms with van der Waals surface area (Å²) in [6, 6.07) is 7.69. The Kier molecular flexibility index (Phi) is 5.66. The summed E-state index contributed by atoms with van der Waals surface area (Å²) in [4.78, 5) is 12.1. The summed E-state index contributed by atoms with van der Waals surface area (Å²) in [6.07, 6.45) is 0. The molecular weight excluding hydrogens is 371 g/mol. The molecule has 0 spiro atoms. The third-order valence-electron chi connectivity index (χ3n) is 3.35. The minimum Gasteiger partial charge on any atom is -0.495 e. The summed E-state index contributed by atoms with van der Waals surface area (Å²) >= 11 is 5.78. The molecule has 1 N–H and O–H groups in total. The topological polar surface area (TPSA) is 75.7 Å². The third kappa shape index (κ3) is 4.09. The Bertz CT molecular complexity index is 916. The van der Waals surface area contributed by atoms with Crippen molar-refractivity contribution in [2.45, 2.75) is 4.90 Å². The first-order valence-corrected chi connectivity index (χ1v) is 8.85. The highest BCUT2D eigenvalue weighted by molar-refractivity contribution is 7.89. The Balaban J connectivity index is 2.41. The van der Waals surface area contributed by atoms with Crippen LogP contribution in [0.25, 0.3) is 0 Å². The number of carbonyl (C=O) groups is 1. The zero-order valence-electron chi connectivity index (χ0n) is 13.7. The highest BCUT2D eigenvalue weighted by Crippen LogP contribution is 2.29. The molecule has 0 aliphatic rings. The SMILES string of the molecule is COc1ccc(NC(=O)c2cc(Cl)ccc2F)cc1S(=O)(=O)N(C)C. The number of carbonyl (C=O) groups excluding carboxylic acids is 1. The number of rotatable bonds is 5. The van der Waals surface area contributed by atoms with Crippen LogP contribution >= 0.6 is 11.6 Å². The van der Waals surface area contributed by atoms with E-state index in [0.717, 1.165) is 10.4 Å². The number of benzene rings is 2. The lowest BCUT2D eigenvalue weighted by molar-refractivity contribution is 0.102. The van der Waals surface area contributed by atoms with Gasteiger partial charge >= 0.3 is 0 Å². The average Bonchev–Trinajstić information content (AvgIpc) is 2.56. The minimum absolute atomic E-state index is 0.121. The van der Waals surface area contributed by atoms with Crippen molar-refractivity contribution in [3.63, 3.8) is 0 Å². The van der Waals surface area contributed by atoms with E-state index in [-0.39, 0.29) is 26.9 Å². The molecule has 9 heteroatoms. The molecule has 134 valence electrons. The third-order valence-corrected chi connectivity index (χ3v) is 5.42. The van der Waals surface area contributed by atoms with Crippen LogP contribution in [0.5, 0.6) is 5.75 Å². The van der Waals surface area contributed by atoms with E-state index in [0.29, 0.717) is 0 Å². The molecule has 0 heterocycles. The number of ether oxygens (including phenoxy) is 1. The number of hydrogen-bond donors (Lipinski definition) is 1. The van der Waals surface area contributed by atoms with Gasteiger partial charge in [-0.15, -0.1) is 0 Å². The van der Waals surface area contributed by atoms with Crippen LogP contribution in [0.2, 0.25) is 5.02 Å². The largest absolute Gasteiger partial charge is 0.495 e. The lowest BCUT2D eigenvalue weighted by Gasteiger charge is -2.16. The van der Waals surface area contributed by atoms with Crippen molar-refractivity contribution in [3.05, 3.63) is 52.8 Å². The summed E-state index contributed by atoms with van der Waals surface area (Å²) in [6.45, 7) is 0. The number of anilines is 1. The Morgan fingerprint density at radius 2 is 1.88 bits per heavy atom. The molecule has 0 atom stereocenters. The zero-order valence-corrected chi connectivity index (χ0v) is 15.3. The summed E-state index contributed by atoms with van der Waals surface area (Å²) in [7, 11) is 0.294. The molecule has 0 aliphatic heterocycles. The lowest BCUT2D eigenvalue weighted by Crippen LogP contribution is -2.23. The molecule has 1 amide bonds. The van der Waals surface area contributed by atoms with Crippen LogP contribution in [0.4, 0.5) is 10.1 Å². The zero-order chi connectivity index (χ0) is 18.8. The summed E-state index contributed by atoms with van der Waals surface area (Å²) in [5, 5.41) is 2.66. The van der Waals surface area contributed by atoms with Crippen LogP contribution in [0, 0.1) is 5.82 Å². The first-order valence-electron chi connectivity index (χ1n) is 7.03. The maximum atomic E-state index is 13.8. The number of amides is 1. The highest BCUT2D eigenvalue weighted by atomic mass is 35.5. The molecule has 2 aromatic carbocycles. The first kappa shape index (κ1) is 19.2. The number of nitrogens with zero attached hydrogens (tertiary/aromatic N) is 1. The van der Waals surface area contributed by atoms with Crippen molar-refractivity contribution < 1.29 is 22.3 Å². The molecule has 0 bridgehead atoms. The highest BCUT2D eigenvalue weighted by Gasteiger charge is 2.23. The second-order valence-corrected chi connectivity index (χ2v) is 7.79. The van der Waals surface area contributed by atoms with Crippen molar-refractivity contribution in [3.8, 4) is 5.75 Å². The van der Waals surface area contributed by atoms with E-state index in [9.17, 15) is 17.6 Å². The molecule has 6 nitrogen and oxygen atoms in total. The van der Waals surface area contributed by atoms with Gasteiger partial charge in [0.05, 0.1) is 12.7 Å². The van der Waals surface area contributed by atoms with Crippen molar-refractivity contribution in [2.24, 2.45) is 0 Å². The summed E-state index contributed by atoms with van der Waals surface area (Å²) in [5.41, 5.74) is -0.0778. The molecule has 25 heavy (non-hydrogen) atoms. The molecule has 0 radical (unpaired) electrons. The molecule has 0 fully saturated rings. The lowest BCUT2D eigenvalue weighted by atomic mass is 10.2. The second-order valence-electron chi connectivity index (χ2n) is 5.23. The van der Waals surface area contributed by atoms with Crippen molar-refractivity contribution in [1.82, 2.24) is 4.31 Å². The Morgan fingerprint density at radius 3 is 2.48 bits per heavy atom. The summed E-state index contributed by atoms with van der Waals surface area (Å²) in [5.74, 6) is -1.37. The van der Waals surface area contributed by atoms with Gasteiger partial charge in [-0.1, -0.05) is 11.6 Å². The molecule has 0 saturated carbocycles. The normalized spacial score (nSPS) is 11.4. The van der Waals surface area contributed by atoms with Gasteiger partial charge in [-0.2, -0.15) is 0 Å². The first-order chi connectivity index (χ1) is 11.7. The Hall–Kier alpha value is -2.16. The van der Waals surface area contributed by atoms with Gasteiger partial charge in [0.25, 0.3) is 5.91 Å². The minimum atomic E-state index is -3.80. The van der Waals surface area contributed by atoms with E-state index in [1.165, 1.54) is 51.5 Å². The van der Waals surface area contributed by atoms with Crippen LogP contribution in [-0.4, -0.2) is 39.8 Å². The molecule has 2 rings (SSSR count). The van der Waals surface area contributed by atoms with Gasteiger partial charge in [0.1, 0.15) is 16.5 Å². The van der Waals surface area contributed by atoms with Crippen LogP contribution in [0.15, 0.2) is 41.3 Å². The van der Waals surface area contributed by atoms with Gasteiger partial charge in [0.15, 0.2) is 0 Å². The fraction of sp³-hybridized carbons (Fsp3) is 0.188.